The molecule has 0 aliphatic carbocycles. The normalized spacial score (nSPS) is 17.9. The second-order valence-corrected chi connectivity index (χ2v) is 5.73. The highest BCUT2D eigenvalue weighted by atomic mass is 16.5. The first kappa shape index (κ1) is 14.2. The van der Waals surface area contributed by atoms with Gasteiger partial charge in [-0.2, -0.15) is 0 Å². The Hall–Kier alpha value is -1.80. The lowest BCUT2D eigenvalue weighted by molar-refractivity contribution is 0.141. The van der Waals surface area contributed by atoms with Crippen molar-refractivity contribution >= 4 is 0 Å². The van der Waals surface area contributed by atoms with Crippen molar-refractivity contribution < 1.29 is 9.47 Å². The zero-order chi connectivity index (χ0) is 14.5. The lowest BCUT2D eigenvalue weighted by atomic mass is 10.0. The molecule has 1 unspecified atom stereocenters. The van der Waals surface area contributed by atoms with Crippen molar-refractivity contribution in [1.29, 1.82) is 0 Å². The van der Waals surface area contributed by atoms with Crippen molar-refractivity contribution in [3.63, 3.8) is 0 Å². The maximum absolute atomic E-state index is 5.88. The molecule has 3 rings (SSSR count). The highest BCUT2D eigenvalue weighted by Gasteiger charge is 2.16. The minimum Gasteiger partial charge on any atom is -0.488 e. The fourth-order valence-electron chi connectivity index (χ4n) is 2.58. The van der Waals surface area contributed by atoms with Crippen molar-refractivity contribution in [3.8, 4) is 5.75 Å². The van der Waals surface area contributed by atoms with Crippen LogP contribution in [0.2, 0.25) is 0 Å². The molecule has 0 amide bonds. The number of rotatable bonds is 5. The molecule has 0 saturated carbocycles. The van der Waals surface area contributed by atoms with Gasteiger partial charge in [0.25, 0.3) is 0 Å². The minimum atomic E-state index is 0.225. The Bertz CT molecular complexity index is 551. The number of ether oxygens (including phenoxy) is 2. The van der Waals surface area contributed by atoms with Gasteiger partial charge in [-0.25, -0.2) is 0 Å². The molecule has 1 saturated heterocycles. The maximum Gasteiger partial charge on any atom is 0.124 e. The summed E-state index contributed by atoms with van der Waals surface area (Å²) in [5.41, 5.74) is 4.06. The molecule has 1 aliphatic rings. The van der Waals surface area contributed by atoms with Gasteiger partial charge in [-0.05, 0) is 43.0 Å². The predicted octanol–water partition coefficient (Wildman–Crippen LogP) is 3.95. The first-order valence-electron chi connectivity index (χ1n) is 7.68. The van der Waals surface area contributed by atoms with E-state index in [9.17, 15) is 0 Å². The zero-order valence-corrected chi connectivity index (χ0v) is 12.5. The smallest absolute Gasteiger partial charge is 0.124 e. The van der Waals surface area contributed by atoms with E-state index in [4.69, 9.17) is 9.47 Å². The van der Waals surface area contributed by atoms with Crippen LogP contribution < -0.4 is 4.74 Å². The van der Waals surface area contributed by atoms with Gasteiger partial charge in [-0.15, -0.1) is 0 Å². The van der Waals surface area contributed by atoms with Crippen LogP contribution in [0.3, 0.4) is 0 Å². The summed E-state index contributed by atoms with van der Waals surface area (Å²) >= 11 is 0. The summed E-state index contributed by atoms with van der Waals surface area (Å²) in [4.78, 5) is 0. The molecule has 110 valence electrons. The standard InChI is InChI=1S/C19H22O2/c1-15-2-4-16(5-3-15)6-7-17-8-10-18(11-9-17)21-19-12-13-20-14-19/h2-5,8-11,19H,6-7,12-14H2,1H3. The van der Waals surface area contributed by atoms with Crippen LogP contribution in [0.5, 0.6) is 5.75 Å². The molecule has 1 fully saturated rings. The molecular formula is C19H22O2. The van der Waals surface area contributed by atoms with Gasteiger partial charge >= 0.3 is 0 Å². The third-order valence-corrected chi connectivity index (χ3v) is 3.94. The first-order chi connectivity index (χ1) is 10.3. The topological polar surface area (TPSA) is 18.5 Å². The Morgan fingerprint density at radius 3 is 2.14 bits per heavy atom. The average Bonchev–Trinajstić information content (AvgIpc) is 3.01. The van der Waals surface area contributed by atoms with Crippen molar-refractivity contribution in [1.82, 2.24) is 0 Å². The second kappa shape index (κ2) is 6.77. The zero-order valence-electron chi connectivity index (χ0n) is 12.5. The highest BCUT2D eigenvalue weighted by molar-refractivity contribution is 5.29. The Morgan fingerprint density at radius 1 is 0.952 bits per heavy atom. The van der Waals surface area contributed by atoms with Crippen molar-refractivity contribution in [2.45, 2.75) is 32.3 Å². The average molecular weight is 282 g/mol. The fraction of sp³-hybridized carbons (Fsp3) is 0.368. The van der Waals surface area contributed by atoms with Crippen LogP contribution in [-0.2, 0) is 17.6 Å². The summed E-state index contributed by atoms with van der Waals surface area (Å²) in [7, 11) is 0. The minimum absolute atomic E-state index is 0.225. The Labute approximate surface area is 126 Å². The van der Waals surface area contributed by atoms with E-state index in [2.05, 4.69) is 55.5 Å². The predicted molar refractivity (Wildman–Crippen MR) is 84.9 cm³/mol. The largest absolute Gasteiger partial charge is 0.488 e. The van der Waals surface area contributed by atoms with Crippen LogP contribution in [0.25, 0.3) is 0 Å². The molecule has 1 aliphatic heterocycles. The molecular weight excluding hydrogens is 260 g/mol. The maximum atomic E-state index is 5.88. The van der Waals surface area contributed by atoms with Gasteiger partial charge in [0.2, 0.25) is 0 Å². The molecule has 0 aromatic heterocycles. The van der Waals surface area contributed by atoms with Gasteiger partial charge in [-0.1, -0.05) is 42.0 Å². The van der Waals surface area contributed by atoms with Gasteiger partial charge in [-0.3, -0.25) is 0 Å². The molecule has 0 bridgehead atoms. The molecule has 0 spiro atoms. The van der Waals surface area contributed by atoms with Crippen LogP contribution in [0.4, 0.5) is 0 Å². The van der Waals surface area contributed by atoms with E-state index in [-0.39, 0.29) is 6.10 Å². The van der Waals surface area contributed by atoms with Crippen LogP contribution in [0.1, 0.15) is 23.1 Å². The number of hydrogen-bond acceptors (Lipinski definition) is 2. The van der Waals surface area contributed by atoms with E-state index in [0.717, 1.165) is 38.2 Å². The van der Waals surface area contributed by atoms with Gasteiger partial charge in [0, 0.05) is 6.42 Å². The van der Waals surface area contributed by atoms with Gasteiger partial charge in [0.15, 0.2) is 0 Å². The SMILES string of the molecule is Cc1ccc(CCc2ccc(OC3CCOC3)cc2)cc1. The third kappa shape index (κ3) is 4.08. The van der Waals surface area contributed by atoms with E-state index in [1.54, 1.807) is 0 Å². The number of benzene rings is 2. The molecule has 0 N–H and O–H groups in total. The fourth-order valence-corrected chi connectivity index (χ4v) is 2.58. The van der Waals surface area contributed by atoms with Gasteiger partial charge in [0.1, 0.15) is 11.9 Å². The summed E-state index contributed by atoms with van der Waals surface area (Å²) in [6.07, 6.45) is 3.37. The van der Waals surface area contributed by atoms with E-state index in [1.165, 1.54) is 16.7 Å². The molecule has 1 heterocycles. The number of hydrogen-bond donors (Lipinski definition) is 0. The van der Waals surface area contributed by atoms with Gasteiger partial charge < -0.3 is 9.47 Å². The van der Waals surface area contributed by atoms with Crippen LogP contribution in [0, 0.1) is 6.92 Å². The monoisotopic (exact) mass is 282 g/mol. The third-order valence-electron chi connectivity index (χ3n) is 3.94. The Morgan fingerprint density at radius 2 is 1.57 bits per heavy atom. The first-order valence-corrected chi connectivity index (χ1v) is 7.68. The molecule has 0 radical (unpaired) electrons. The van der Waals surface area contributed by atoms with E-state index < -0.39 is 0 Å². The molecule has 2 aromatic rings. The van der Waals surface area contributed by atoms with Crippen molar-refractivity contribution in [2.75, 3.05) is 13.2 Å². The molecule has 2 nitrogen and oxygen atoms in total. The Kier molecular flexibility index (Phi) is 4.56. The van der Waals surface area contributed by atoms with Crippen LogP contribution in [-0.4, -0.2) is 19.3 Å². The van der Waals surface area contributed by atoms with Crippen LogP contribution >= 0.6 is 0 Å². The molecule has 2 aromatic carbocycles. The number of aryl methyl sites for hydroxylation is 3. The molecule has 21 heavy (non-hydrogen) atoms. The van der Waals surface area contributed by atoms with Crippen LogP contribution in [0.15, 0.2) is 48.5 Å². The summed E-state index contributed by atoms with van der Waals surface area (Å²) in [5, 5.41) is 0. The van der Waals surface area contributed by atoms with E-state index >= 15 is 0 Å². The van der Waals surface area contributed by atoms with Gasteiger partial charge in [0.05, 0.1) is 13.2 Å². The molecule has 1 atom stereocenters. The summed E-state index contributed by atoms with van der Waals surface area (Å²) in [6, 6.07) is 17.3. The second-order valence-electron chi connectivity index (χ2n) is 5.73. The lowest BCUT2D eigenvalue weighted by Crippen LogP contribution is -2.15. The lowest BCUT2D eigenvalue weighted by Gasteiger charge is -2.12. The highest BCUT2D eigenvalue weighted by Crippen LogP contribution is 2.18. The summed E-state index contributed by atoms with van der Waals surface area (Å²) in [6.45, 7) is 3.66. The molecule has 2 heteroatoms. The van der Waals surface area contributed by atoms with E-state index in [1.807, 2.05) is 0 Å². The van der Waals surface area contributed by atoms with Crippen molar-refractivity contribution in [2.24, 2.45) is 0 Å². The van der Waals surface area contributed by atoms with E-state index in [0.29, 0.717) is 0 Å². The van der Waals surface area contributed by atoms with Crippen molar-refractivity contribution in [3.05, 3.63) is 65.2 Å². The Balaban J connectivity index is 1.52. The quantitative estimate of drug-likeness (QED) is 0.826. The summed E-state index contributed by atoms with van der Waals surface area (Å²) in [5.74, 6) is 0.949. The summed E-state index contributed by atoms with van der Waals surface area (Å²) < 4.78 is 11.2.